The highest BCUT2D eigenvalue weighted by Gasteiger charge is 2.21. The highest BCUT2D eigenvalue weighted by molar-refractivity contribution is 5.93. The van der Waals surface area contributed by atoms with Crippen LogP contribution in [0.2, 0.25) is 0 Å². The van der Waals surface area contributed by atoms with Gasteiger partial charge >= 0.3 is 5.69 Å². The summed E-state index contributed by atoms with van der Waals surface area (Å²) >= 11 is 0. The van der Waals surface area contributed by atoms with E-state index >= 15 is 0 Å². The Labute approximate surface area is 168 Å². The molecule has 0 radical (unpaired) electrons. The Morgan fingerprint density at radius 2 is 1.52 bits per heavy atom. The topological polar surface area (TPSA) is 60.1 Å². The summed E-state index contributed by atoms with van der Waals surface area (Å²) < 4.78 is 2.56. The summed E-state index contributed by atoms with van der Waals surface area (Å²) in [6, 6.07) is 20.0. The van der Waals surface area contributed by atoms with E-state index in [2.05, 4.69) is 22.0 Å². The first-order valence-corrected chi connectivity index (χ1v) is 9.41. The van der Waals surface area contributed by atoms with Gasteiger partial charge in [0, 0.05) is 32.5 Å². The molecule has 146 valence electrons. The van der Waals surface area contributed by atoms with Crippen molar-refractivity contribution in [1.29, 1.82) is 0 Å². The fraction of sp³-hybridized carbons (Fsp3) is 0.174. The van der Waals surface area contributed by atoms with Gasteiger partial charge in [-0.2, -0.15) is 0 Å². The maximum absolute atomic E-state index is 13.1. The first-order chi connectivity index (χ1) is 14.0. The average Bonchev–Trinajstić information content (AvgIpc) is 2.76. The van der Waals surface area contributed by atoms with Gasteiger partial charge in [0.25, 0.3) is 5.56 Å². The Bertz CT molecular complexity index is 1290. The quantitative estimate of drug-likeness (QED) is 0.540. The van der Waals surface area contributed by atoms with Crippen molar-refractivity contribution in [2.45, 2.75) is 13.5 Å². The molecule has 2 aromatic heterocycles. The van der Waals surface area contributed by atoms with Crippen LogP contribution < -0.4 is 16.1 Å². The molecule has 0 aliphatic heterocycles. The second kappa shape index (κ2) is 7.39. The van der Waals surface area contributed by atoms with E-state index in [9.17, 15) is 9.59 Å². The number of aromatic nitrogens is 3. The molecule has 6 nitrogen and oxygen atoms in total. The molecular weight excluding hydrogens is 364 g/mol. The Kier molecular flexibility index (Phi) is 4.76. The summed E-state index contributed by atoms with van der Waals surface area (Å²) in [6.45, 7) is 2.52. The van der Waals surface area contributed by atoms with Gasteiger partial charge in [-0.25, -0.2) is 9.78 Å². The highest BCUT2D eigenvalue weighted by Crippen LogP contribution is 2.33. The van der Waals surface area contributed by atoms with E-state index in [1.54, 1.807) is 13.2 Å². The number of hydrogen-bond donors (Lipinski definition) is 0. The Morgan fingerprint density at radius 1 is 0.897 bits per heavy atom. The maximum atomic E-state index is 13.1. The summed E-state index contributed by atoms with van der Waals surface area (Å²) in [6.07, 6.45) is 1.72. The van der Waals surface area contributed by atoms with Crippen molar-refractivity contribution >= 4 is 22.4 Å². The van der Waals surface area contributed by atoms with Crippen molar-refractivity contribution in [1.82, 2.24) is 14.1 Å². The zero-order valence-corrected chi connectivity index (χ0v) is 16.7. The van der Waals surface area contributed by atoms with Gasteiger partial charge in [-0.05, 0) is 30.2 Å². The van der Waals surface area contributed by atoms with Gasteiger partial charge in [-0.15, -0.1) is 0 Å². The van der Waals surface area contributed by atoms with Crippen LogP contribution in [0, 0.1) is 6.92 Å². The smallest absolute Gasteiger partial charge is 0.332 e. The fourth-order valence-electron chi connectivity index (χ4n) is 3.63. The minimum absolute atomic E-state index is 0.344. The lowest BCUT2D eigenvalue weighted by atomic mass is 10.1. The minimum atomic E-state index is -0.390. The lowest BCUT2D eigenvalue weighted by Crippen LogP contribution is -2.38. The van der Waals surface area contributed by atoms with Gasteiger partial charge in [-0.3, -0.25) is 13.9 Å². The monoisotopic (exact) mass is 386 g/mol. The third-order valence-electron chi connectivity index (χ3n) is 5.15. The lowest BCUT2D eigenvalue weighted by Gasteiger charge is -2.28. The largest absolute Gasteiger partial charge is 0.336 e. The van der Waals surface area contributed by atoms with E-state index in [4.69, 9.17) is 0 Å². The predicted octanol–water partition coefficient (Wildman–Crippen LogP) is 3.28. The Balaban J connectivity index is 2.06. The standard InChI is InChI=1S/C23H22N4O2/c1-16-14-24-21-19(22(28)26(3)23(29)25(21)2)20(16)27(18-12-8-5-9-13-18)15-17-10-6-4-7-11-17/h4-14H,15H2,1-3H3. The number of anilines is 2. The van der Waals surface area contributed by atoms with Crippen molar-refractivity contribution in [3.63, 3.8) is 0 Å². The van der Waals surface area contributed by atoms with Crippen LogP contribution in [0.15, 0.2) is 76.4 Å². The molecule has 0 aliphatic carbocycles. The molecule has 4 rings (SSSR count). The van der Waals surface area contributed by atoms with Gasteiger partial charge in [0.2, 0.25) is 0 Å². The number of aryl methyl sites for hydroxylation is 2. The molecule has 0 unspecified atom stereocenters. The van der Waals surface area contributed by atoms with E-state index < -0.39 is 0 Å². The molecule has 2 aromatic carbocycles. The molecule has 0 aliphatic rings. The number of benzene rings is 2. The fourth-order valence-corrected chi connectivity index (χ4v) is 3.63. The summed E-state index contributed by atoms with van der Waals surface area (Å²) in [4.78, 5) is 32.1. The normalized spacial score (nSPS) is 11.0. The van der Waals surface area contributed by atoms with Gasteiger partial charge in [0.15, 0.2) is 5.65 Å². The number of pyridine rings is 1. The number of hydrogen-bond acceptors (Lipinski definition) is 4. The highest BCUT2D eigenvalue weighted by atomic mass is 16.2. The molecule has 0 bridgehead atoms. The third-order valence-corrected chi connectivity index (χ3v) is 5.15. The lowest BCUT2D eigenvalue weighted by molar-refractivity contribution is 0.707. The molecule has 2 heterocycles. The first kappa shape index (κ1) is 18.7. The van der Waals surface area contributed by atoms with Crippen LogP contribution in [0.1, 0.15) is 11.1 Å². The Morgan fingerprint density at radius 3 is 2.17 bits per heavy atom. The van der Waals surface area contributed by atoms with Crippen molar-refractivity contribution < 1.29 is 0 Å². The van der Waals surface area contributed by atoms with E-state index in [1.807, 2.05) is 55.5 Å². The SMILES string of the molecule is Cc1cnc2c(c1N(Cc1ccccc1)c1ccccc1)c(=O)n(C)c(=O)n2C. The molecule has 0 atom stereocenters. The van der Waals surface area contributed by atoms with Crippen LogP contribution >= 0.6 is 0 Å². The van der Waals surface area contributed by atoms with Crippen LogP contribution in [0.5, 0.6) is 0 Å². The van der Waals surface area contributed by atoms with Crippen LogP contribution in [-0.4, -0.2) is 14.1 Å². The average molecular weight is 386 g/mol. The van der Waals surface area contributed by atoms with E-state index in [1.165, 1.54) is 11.6 Å². The molecule has 29 heavy (non-hydrogen) atoms. The van der Waals surface area contributed by atoms with E-state index in [-0.39, 0.29) is 11.2 Å². The molecule has 6 heteroatoms. The number of fused-ring (bicyclic) bond motifs is 1. The van der Waals surface area contributed by atoms with Gasteiger partial charge in [0.1, 0.15) is 5.39 Å². The molecule has 0 spiro atoms. The zero-order chi connectivity index (χ0) is 20.5. The van der Waals surface area contributed by atoms with Crippen molar-refractivity contribution in [3.8, 4) is 0 Å². The summed E-state index contributed by atoms with van der Waals surface area (Å²) in [5, 5.41) is 0.439. The van der Waals surface area contributed by atoms with Crippen LogP contribution in [0.3, 0.4) is 0 Å². The Hall–Kier alpha value is -3.67. The number of rotatable bonds is 4. The summed E-state index contributed by atoms with van der Waals surface area (Å²) in [5.74, 6) is 0. The van der Waals surface area contributed by atoms with Crippen LogP contribution in [0.25, 0.3) is 11.0 Å². The van der Waals surface area contributed by atoms with Crippen molar-refractivity contribution in [2.24, 2.45) is 14.1 Å². The predicted molar refractivity (Wildman–Crippen MR) is 116 cm³/mol. The maximum Gasteiger partial charge on any atom is 0.332 e. The molecule has 0 N–H and O–H groups in total. The third kappa shape index (κ3) is 3.23. The molecule has 0 saturated carbocycles. The van der Waals surface area contributed by atoms with E-state index in [0.717, 1.165) is 27.1 Å². The van der Waals surface area contributed by atoms with Gasteiger partial charge < -0.3 is 4.90 Å². The summed E-state index contributed by atoms with van der Waals surface area (Å²) in [7, 11) is 3.14. The first-order valence-electron chi connectivity index (χ1n) is 9.41. The number of para-hydroxylation sites is 1. The molecular formula is C23H22N4O2. The molecule has 0 saturated heterocycles. The van der Waals surface area contributed by atoms with Crippen LogP contribution in [0.4, 0.5) is 11.4 Å². The number of nitrogens with zero attached hydrogens (tertiary/aromatic N) is 4. The molecule has 0 fully saturated rings. The second-order valence-electron chi connectivity index (χ2n) is 7.10. The second-order valence-corrected chi connectivity index (χ2v) is 7.10. The van der Waals surface area contributed by atoms with E-state index in [0.29, 0.717) is 17.6 Å². The van der Waals surface area contributed by atoms with Crippen molar-refractivity contribution in [3.05, 3.63) is 98.8 Å². The molecule has 0 amide bonds. The zero-order valence-electron chi connectivity index (χ0n) is 16.7. The van der Waals surface area contributed by atoms with Gasteiger partial charge in [0.05, 0.1) is 5.69 Å². The summed E-state index contributed by atoms with van der Waals surface area (Å²) in [5.41, 5.74) is 3.36. The van der Waals surface area contributed by atoms with Crippen molar-refractivity contribution in [2.75, 3.05) is 4.90 Å². The molecule has 4 aromatic rings. The minimum Gasteiger partial charge on any atom is -0.336 e. The van der Waals surface area contributed by atoms with Crippen LogP contribution in [-0.2, 0) is 20.6 Å². The van der Waals surface area contributed by atoms with Gasteiger partial charge in [-0.1, -0.05) is 48.5 Å².